The summed E-state index contributed by atoms with van der Waals surface area (Å²) in [6, 6.07) is 3.58. The van der Waals surface area contributed by atoms with E-state index >= 15 is 0 Å². The number of aromatic amines is 1. The van der Waals surface area contributed by atoms with E-state index in [2.05, 4.69) is 26.1 Å². The number of halogens is 1. The Kier molecular flexibility index (Phi) is 1.92. The molecule has 2 aromatic rings. The Labute approximate surface area is 83.3 Å². The first-order chi connectivity index (χ1) is 6.24. The van der Waals surface area contributed by atoms with Gasteiger partial charge in [-0.15, -0.1) is 0 Å². The molecule has 2 rings (SSSR count). The van der Waals surface area contributed by atoms with Crippen molar-refractivity contribution in [1.29, 1.82) is 0 Å². The molecule has 0 spiro atoms. The first-order valence-electron chi connectivity index (χ1n) is 3.82. The van der Waals surface area contributed by atoms with Crippen LogP contribution in [-0.4, -0.2) is 16.5 Å². The average molecular weight is 239 g/mol. The van der Waals surface area contributed by atoms with E-state index in [1.807, 2.05) is 13.0 Å². The molecule has 4 heteroatoms. The first-order valence-corrected chi connectivity index (χ1v) is 4.61. The van der Waals surface area contributed by atoms with Crippen molar-refractivity contribution in [1.82, 2.24) is 10.2 Å². The van der Waals surface area contributed by atoms with Gasteiger partial charge >= 0.3 is 0 Å². The van der Waals surface area contributed by atoms with Crippen LogP contribution in [0.2, 0.25) is 0 Å². The third-order valence-corrected chi connectivity index (χ3v) is 2.85. The number of hydrogen-bond acceptors (Lipinski definition) is 2. The quantitative estimate of drug-likeness (QED) is 0.777. The summed E-state index contributed by atoms with van der Waals surface area (Å²) in [7, 11) is 0. The topological polar surface area (TPSA) is 45.8 Å². The summed E-state index contributed by atoms with van der Waals surface area (Å²) >= 11 is 3.38. The lowest BCUT2D eigenvalue weighted by Crippen LogP contribution is -1.83. The van der Waals surface area contributed by atoms with Gasteiger partial charge in [-0.25, -0.2) is 0 Å². The molecule has 1 N–H and O–H groups in total. The van der Waals surface area contributed by atoms with Crippen molar-refractivity contribution in [3.8, 4) is 0 Å². The van der Waals surface area contributed by atoms with Gasteiger partial charge in [-0.1, -0.05) is 0 Å². The van der Waals surface area contributed by atoms with Gasteiger partial charge in [-0.3, -0.25) is 9.89 Å². The van der Waals surface area contributed by atoms with E-state index < -0.39 is 0 Å². The largest absolute Gasteiger partial charge is 0.298 e. The highest BCUT2D eigenvalue weighted by Gasteiger charge is 2.08. The van der Waals surface area contributed by atoms with Gasteiger partial charge in [0.1, 0.15) is 0 Å². The zero-order valence-corrected chi connectivity index (χ0v) is 8.55. The van der Waals surface area contributed by atoms with E-state index in [0.29, 0.717) is 5.56 Å². The van der Waals surface area contributed by atoms with Crippen LogP contribution in [0.25, 0.3) is 10.9 Å². The van der Waals surface area contributed by atoms with Crippen molar-refractivity contribution < 1.29 is 4.79 Å². The lowest BCUT2D eigenvalue weighted by atomic mass is 10.1. The van der Waals surface area contributed by atoms with E-state index in [4.69, 9.17) is 0 Å². The summed E-state index contributed by atoms with van der Waals surface area (Å²) in [6.07, 6.45) is 0.829. The number of carbonyl (C=O) groups is 1. The number of carbonyl (C=O) groups excluding carboxylic acids is 1. The van der Waals surface area contributed by atoms with E-state index in [1.54, 1.807) is 6.07 Å². The Morgan fingerprint density at radius 2 is 2.31 bits per heavy atom. The van der Waals surface area contributed by atoms with Crippen molar-refractivity contribution in [2.45, 2.75) is 6.92 Å². The lowest BCUT2D eigenvalue weighted by Gasteiger charge is -1.97. The smallest absolute Gasteiger partial charge is 0.151 e. The summed E-state index contributed by atoms with van der Waals surface area (Å²) in [4.78, 5) is 10.6. The minimum Gasteiger partial charge on any atom is -0.298 e. The molecule has 0 aliphatic carbocycles. The zero-order valence-electron chi connectivity index (χ0n) is 6.97. The minimum atomic E-state index is 0.650. The fourth-order valence-electron chi connectivity index (χ4n) is 1.32. The molecule has 1 aromatic heterocycles. The van der Waals surface area contributed by atoms with Gasteiger partial charge in [-0.05, 0) is 35.0 Å². The molecule has 0 saturated carbocycles. The van der Waals surface area contributed by atoms with Gasteiger partial charge in [0.2, 0.25) is 0 Å². The lowest BCUT2D eigenvalue weighted by molar-refractivity contribution is 0.112. The van der Waals surface area contributed by atoms with Gasteiger partial charge in [0.25, 0.3) is 0 Å². The third kappa shape index (κ3) is 1.18. The normalized spacial score (nSPS) is 10.6. The van der Waals surface area contributed by atoms with E-state index in [1.165, 1.54) is 0 Å². The fourth-order valence-corrected chi connectivity index (χ4v) is 2.05. The van der Waals surface area contributed by atoms with Gasteiger partial charge < -0.3 is 0 Å². The molecule has 0 aliphatic heterocycles. The van der Waals surface area contributed by atoms with Crippen molar-refractivity contribution >= 4 is 33.1 Å². The second-order valence-corrected chi connectivity index (χ2v) is 3.62. The van der Waals surface area contributed by atoms with Crippen molar-refractivity contribution in [3.63, 3.8) is 0 Å². The van der Waals surface area contributed by atoms with Crippen LogP contribution in [0.1, 0.15) is 16.1 Å². The second kappa shape index (κ2) is 2.96. The van der Waals surface area contributed by atoms with Crippen LogP contribution in [0.15, 0.2) is 16.6 Å². The van der Waals surface area contributed by atoms with E-state index in [0.717, 1.165) is 27.4 Å². The van der Waals surface area contributed by atoms with Crippen LogP contribution < -0.4 is 0 Å². The molecule has 0 saturated heterocycles. The predicted molar refractivity (Wildman–Crippen MR) is 53.9 cm³/mol. The molecule has 0 amide bonds. The first kappa shape index (κ1) is 8.44. The van der Waals surface area contributed by atoms with Crippen LogP contribution in [-0.2, 0) is 0 Å². The second-order valence-electron chi connectivity index (χ2n) is 2.83. The Morgan fingerprint density at radius 3 is 3.00 bits per heavy atom. The Morgan fingerprint density at radius 1 is 1.54 bits per heavy atom. The van der Waals surface area contributed by atoms with E-state index in [9.17, 15) is 4.79 Å². The summed E-state index contributed by atoms with van der Waals surface area (Å²) in [5.41, 5.74) is 2.48. The molecule has 0 radical (unpaired) electrons. The van der Waals surface area contributed by atoms with Crippen LogP contribution in [0.4, 0.5) is 0 Å². The number of benzene rings is 1. The highest BCUT2D eigenvalue weighted by Crippen LogP contribution is 2.27. The minimum absolute atomic E-state index is 0.650. The Hall–Kier alpha value is -1.16. The summed E-state index contributed by atoms with van der Waals surface area (Å²) in [6.45, 7) is 1.93. The summed E-state index contributed by atoms with van der Waals surface area (Å²) in [5, 5.41) is 7.93. The molecule has 66 valence electrons. The highest BCUT2D eigenvalue weighted by molar-refractivity contribution is 9.10. The molecule has 1 heterocycles. The molecular formula is C9H7BrN2O. The number of fused-ring (bicyclic) bond motifs is 1. The van der Waals surface area contributed by atoms with Gasteiger partial charge in [0.05, 0.1) is 5.52 Å². The maximum Gasteiger partial charge on any atom is 0.151 e. The molecule has 3 nitrogen and oxygen atoms in total. The number of nitrogens with one attached hydrogen (secondary N) is 1. The molecular weight excluding hydrogens is 232 g/mol. The molecule has 13 heavy (non-hydrogen) atoms. The molecule has 0 aliphatic rings. The molecule has 0 unspecified atom stereocenters. The Bertz CT molecular complexity index is 476. The number of H-pyrrole nitrogens is 1. The standard InChI is InChI=1S/C9H7BrN2O/c1-5-8-7(12-11-5)3-2-6(4-13)9(8)10/h2-4H,1H3,(H,11,12). The zero-order chi connectivity index (χ0) is 9.42. The Balaban J connectivity index is 2.91. The average Bonchev–Trinajstić information content (AvgIpc) is 2.49. The van der Waals surface area contributed by atoms with Crippen molar-refractivity contribution in [2.75, 3.05) is 0 Å². The SMILES string of the molecule is Cc1[nH]nc2ccc(C=O)c(Br)c12. The van der Waals surface area contributed by atoms with Gasteiger partial charge in [-0.2, -0.15) is 5.10 Å². The summed E-state index contributed by atoms with van der Waals surface area (Å²) < 4.78 is 0.811. The highest BCUT2D eigenvalue weighted by atomic mass is 79.9. The third-order valence-electron chi connectivity index (χ3n) is 2.00. The number of hydrogen-bond donors (Lipinski definition) is 1. The molecule has 0 bridgehead atoms. The number of aryl methyl sites for hydroxylation is 1. The molecule has 1 aromatic carbocycles. The maximum atomic E-state index is 10.6. The van der Waals surface area contributed by atoms with Crippen LogP contribution in [0, 0.1) is 6.92 Å². The van der Waals surface area contributed by atoms with E-state index in [-0.39, 0.29) is 0 Å². The van der Waals surface area contributed by atoms with Crippen LogP contribution in [0.5, 0.6) is 0 Å². The van der Waals surface area contributed by atoms with Gasteiger partial charge in [0, 0.05) is 21.1 Å². The number of aldehydes is 1. The number of aromatic nitrogens is 2. The van der Waals surface area contributed by atoms with Crippen molar-refractivity contribution in [2.24, 2.45) is 0 Å². The molecule has 0 atom stereocenters. The van der Waals surface area contributed by atoms with Crippen molar-refractivity contribution in [3.05, 3.63) is 27.9 Å². The van der Waals surface area contributed by atoms with Crippen LogP contribution >= 0.6 is 15.9 Å². The maximum absolute atomic E-state index is 10.6. The van der Waals surface area contributed by atoms with Gasteiger partial charge in [0.15, 0.2) is 6.29 Å². The summed E-state index contributed by atoms with van der Waals surface area (Å²) in [5.74, 6) is 0. The number of nitrogens with zero attached hydrogens (tertiary/aromatic N) is 1. The number of rotatable bonds is 1. The predicted octanol–water partition coefficient (Wildman–Crippen LogP) is 2.45. The monoisotopic (exact) mass is 238 g/mol. The molecule has 0 fully saturated rings. The van der Waals surface area contributed by atoms with Crippen LogP contribution in [0.3, 0.4) is 0 Å². The fraction of sp³-hybridized carbons (Fsp3) is 0.111.